The van der Waals surface area contributed by atoms with E-state index in [0.717, 1.165) is 35.9 Å². The smallest absolute Gasteiger partial charge is 0.251 e. The van der Waals surface area contributed by atoms with Crippen LogP contribution in [0.3, 0.4) is 0 Å². The Bertz CT molecular complexity index is 705. The molecule has 0 atom stereocenters. The molecular formula is C19H24N4O. The van der Waals surface area contributed by atoms with Crippen molar-refractivity contribution in [2.24, 2.45) is 4.99 Å². The number of benzene rings is 2. The second kappa shape index (κ2) is 8.15. The van der Waals surface area contributed by atoms with E-state index in [1.165, 1.54) is 0 Å². The molecule has 1 heterocycles. The van der Waals surface area contributed by atoms with Gasteiger partial charge in [-0.15, -0.1) is 0 Å². The first-order valence-electron chi connectivity index (χ1n) is 7.70. The first kappa shape index (κ1) is 17.5. The number of aryl methyl sites for hydroxylation is 1. The van der Waals surface area contributed by atoms with Crippen molar-refractivity contribution in [2.45, 2.75) is 20.9 Å². The van der Waals surface area contributed by atoms with E-state index in [1.54, 1.807) is 0 Å². The van der Waals surface area contributed by atoms with Crippen LogP contribution in [0.1, 0.15) is 28.9 Å². The van der Waals surface area contributed by atoms with Crippen molar-refractivity contribution in [1.82, 2.24) is 10.6 Å². The third-order valence-corrected chi connectivity index (χ3v) is 3.66. The van der Waals surface area contributed by atoms with Crippen LogP contribution in [0.4, 0.5) is 5.69 Å². The summed E-state index contributed by atoms with van der Waals surface area (Å²) in [4.78, 5) is 16.4. The van der Waals surface area contributed by atoms with Gasteiger partial charge in [0.1, 0.15) is 0 Å². The highest BCUT2D eigenvalue weighted by Gasteiger charge is 2.06. The maximum atomic E-state index is 12.1. The van der Waals surface area contributed by atoms with Crippen LogP contribution in [0, 0.1) is 6.92 Å². The summed E-state index contributed by atoms with van der Waals surface area (Å²) >= 11 is 0. The quantitative estimate of drug-likeness (QED) is 0.810. The van der Waals surface area contributed by atoms with Gasteiger partial charge in [-0.1, -0.05) is 37.3 Å². The van der Waals surface area contributed by atoms with Crippen LogP contribution >= 0.6 is 0 Å². The molecule has 0 unspecified atom stereocenters. The van der Waals surface area contributed by atoms with Gasteiger partial charge in [0.05, 0.1) is 6.54 Å². The number of carbonyl (C=O) groups is 1. The lowest BCUT2D eigenvalue weighted by atomic mass is 10.1. The van der Waals surface area contributed by atoms with Gasteiger partial charge in [0.15, 0.2) is 5.96 Å². The average molecular weight is 324 g/mol. The largest absolute Gasteiger partial charge is 0.354 e. The highest BCUT2D eigenvalue weighted by molar-refractivity contribution is 5.95. The van der Waals surface area contributed by atoms with Crippen molar-refractivity contribution in [3.8, 4) is 0 Å². The molecule has 126 valence electrons. The fourth-order valence-corrected chi connectivity index (χ4v) is 2.31. The Morgan fingerprint density at radius 2 is 1.83 bits per heavy atom. The van der Waals surface area contributed by atoms with E-state index in [1.807, 2.05) is 55.5 Å². The summed E-state index contributed by atoms with van der Waals surface area (Å²) in [5, 5.41) is 9.31. The fourth-order valence-electron chi connectivity index (χ4n) is 2.31. The van der Waals surface area contributed by atoms with Crippen molar-refractivity contribution < 1.29 is 4.79 Å². The minimum atomic E-state index is -0.0586. The van der Waals surface area contributed by atoms with Crippen molar-refractivity contribution in [2.75, 3.05) is 18.4 Å². The van der Waals surface area contributed by atoms with Crippen LogP contribution in [0.2, 0.25) is 0 Å². The Labute approximate surface area is 143 Å². The molecule has 0 saturated carbocycles. The number of anilines is 1. The van der Waals surface area contributed by atoms with Crippen LogP contribution in [0.5, 0.6) is 0 Å². The predicted octanol–water partition coefficient (Wildman–Crippen LogP) is 2.93. The van der Waals surface area contributed by atoms with Crippen LogP contribution in [-0.2, 0) is 6.54 Å². The van der Waals surface area contributed by atoms with Gasteiger partial charge in [0, 0.05) is 24.3 Å². The van der Waals surface area contributed by atoms with E-state index in [2.05, 4.69) is 20.9 Å². The topological polar surface area (TPSA) is 65.5 Å². The van der Waals surface area contributed by atoms with Gasteiger partial charge in [-0.25, -0.2) is 0 Å². The molecule has 5 nitrogen and oxygen atoms in total. The molecule has 3 N–H and O–H groups in total. The molecule has 1 aliphatic rings. The Morgan fingerprint density at radius 3 is 2.46 bits per heavy atom. The van der Waals surface area contributed by atoms with E-state index in [9.17, 15) is 4.79 Å². The maximum Gasteiger partial charge on any atom is 0.251 e. The number of hydrogen-bond acceptors (Lipinski definition) is 4. The number of nitrogens with one attached hydrogen (secondary N) is 3. The average Bonchev–Trinajstić information content (AvgIpc) is 3.07. The molecule has 0 fully saturated rings. The summed E-state index contributed by atoms with van der Waals surface area (Å²) in [6.45, 7) is 4.20. The van der Waals surface area contributed by atoms with Gasteiger partial charge in [-0.05, 0) is 36.8 Å². The third-order valence-electron chi connectivity index (χ3n) is 3.66. The van der Waals surface area contributed by atoms with Crippen LogP contribution in [-0.4, -0.2) is 25.0 Å². The van der Waals surface area contributed by atoms with Gasteiger partial charge in [0.25, 0.3) is 5.91 Å². The Balaban J connectivity index is 0.00000208. The number of amides is 1. The second-order valence-corrected chi connectivity index (χ2v) is 5.53. The molecule has 3 rings (SSSR count). The molecule has 1 aliphatic heterocycles. The zero-order valence-corrected chi connectivity index (χ0v) is 13.1. The van der Waals surface area contributed by atoms with Crippen molar-refractivity contribution in [3.05, 3.63) is 65.2 Å². The van der Waals surface area contributed by atoms with Crippen molar-refractivity contribution in [1.29, 1.82) is 0 Å². The number of carbonyl (C=O) groups excluding carboxylic acids is 1. The summed E-state index contributed by atoms with van der Waals surface area (Å²) in [5.74, 6) is 0.752. The maximum absolute atomic E-state index is 12.1. The Kier molecular flexibility index (Phi) is 5.95. The van der Waals surface area contributed by atoms with Crippen LogP contribution < -0.4 is 16.0 Å². The number of rotatable bonds is 4. The number of aliphatic imine (C=N–C) groups is 1. The first-order chi connectivity index (χ1) is 11.2. The lowest BCUT2D eigenvalue weighted by Crippen LogP contribution is -2.26. The lowest BCUT2D eigenvalue weighted by Gasteiger charge is -2.09. The number of hydrogen-bond donors (Lipinski definition) is 3. The van der Waals surface area contributed by atoms with E-state index < -0.39 is 0 Å². The second-order valence-electron chi connectivity index (χ2n) is 5.53. The SMILES string of the molecule is C.Cc1ccc(C(=O)NCc2ccc(NC3=NCCN3)cc2)cc1. The Hall–Kier alpha value is -2.82. The molecule has 0 radical (unpaired) electrons. The molecule has 0 aliphatic carbocycles. The van der Waals surface area contributed by atoms with E-state index in [4.69, 9.17) is 0 Å². The summed E-state index contributed by atoms with van der Waals surface area (Å²) in [6, 6.07) is 15.5. The minimum absolute atomic E-state index is 0. The molecule has 2 aromatic rings. The van der Waals surface area contributed by atoms with Crippen molar-refractivity contribution in [3.63, 3.8) is 0 Å². The molecule has 5 heteroatoms. The van der Waals surface area contributed by atoms with Gasteiger partial charge < -0.3 is 16.0 Å². The summed E-state index contributed by atoms with van der Waals surface area (Å²) in [5.41, 5.74) is 3.86. The van der Waals surface area contributed by atoms with Crippen LogP contribution in [0.25, 0.3) is 0 Å². The fraction of sp³-hybridized carbons (Fsp3) is 0.263. The first-order valence-corrected chi connectivity index (χ1v) is 7.70. The molecule has 0 spiro atoms. The van der Waals surface area contributed by atoms with Gasteiger partial charge in [0.2, 0.25) is 0 Å². The highest BCUT2D eigenvalue weighted by atomic mass is 16.1. The standard InChI is InChI=1S/C18H20N4O.CH4/c1-13-2-6-15(7-3-13)17(23)21-12-14-4-8-16(9-5-14)22-18-19-10-11-20-18;/h2-9H,10-12H2,1H3,(H,21,23)(H2,19,20,22);1H4. The third kappa shape index (κ3) is 4.59. The molecule has 0 bridgehead atoms. The Morgan fingerprint density at radius 1 is 1.12 bits per heavy atom. The van der Waals surface area contributed by atoms with E-state index in [-0.39, 0.29) is 13.3 Å². The molecule has 1 amide bonds. The summed E-state index contributed by atoms with van der Waals surface area (Å²) < 4.78 is 0. The molecule has 24 heavy (non-hydrogen) atoms. The zero-order chi connectivity index (χ0) is 16.1. The summed E-state index contributed by atoms with van der Waals surface area (Å²) in [6.07, 6.45) is 0. The predicted molar refractivity (Wildman–Crippen MR) is 99.4 cm³/mol. The highest BCUT2D eigenvalue weighted by Crippen LogP contribution is 2.10. The summed E-state index contributed by atoms with van der Waals surface area (Å²) in [7, 11) is 0. The molecular weight excluding hydrogens is 300 g/mol. The van der Waals surface area contributed by atoms with Crippen molar-refractivity contribution >= 4 is 17.6 Å². The number of guanidine groups is 1. The van der Waals surface area contributed by atoms with Gasteiger partial charge in [-0.3, -0.25) is 9.79 Å². The lowest BCUT2D eigenvalue weighted by molar-refractivity contribution is 0.0951. The molecule has 0 saturated heterocycles. The van der Waals surface area contributed by atoms with E-state index in [0.29, 0.717) is 12.1 Å². The monoisotopic (exact) mass is 324 g/mol. The van der Waals surface area contributed by atoms with Gasteiger partial charge >= 0.3 is 0 Å². The zero-order valence-electron chi connectivity index (χ0n) is 13.1. The molecule has 2 aromatic carbocycles. The normalized spacial score (nSPS) is 12.6. The number of nitrogens with zero attached hydrogens (tertiary/aromatic N) is 1. The van der Waals surface area contributed by atoms with E-state index >= 15 is 0 Å². The van der Waals surface area contributed by atoms with Crippen LogP contribution in [0.15, 0.2) is 53.5 Å². The molecule has 0 aromatic heterocycles. The van der Waals surface area contributed by atoms with Gasteiger partial charge in [-0.2, -0.15) is 0 Å². The minimum Gasteiger partial charge on any atom is -0.354 e.